The second-order valence-electron chi connectivity index (χ2n) is 7.97. The summed E-state index contributed by atoms with van der Waals surface area (Å²) in [6.45, 7) is 4.84. The van der Waals surface area contributed by atoms with Gasteiger partial charge in [0.05, 0.1) is 28.0 Å². The van der Waals surface area contributed by atoms with Crippen molar-refractivity contribution in [3.05, 3.63) is 47.2 Å². The Labute approximate surface area is 178 Å². The minimum Gasteiger partial charge on any atom is -0.368 e. The topological polar surface area (TPSA) is 86.7 Å². The van der Waals surface area contributed by atoms with E-state index in [9.17, 15) is 0 Å². The molecule has 30 heavy (non-hydrogen) atoms. The number of thiazole rings is 1. The van der Waals surface area contributed by atoms with E-state index in [0.29, 0.717) is 11.7 Å². The molecule has 152 valence electrons. The lowest BCUT2D eigenvalue weighted by atomic mass is 10.1. The van der Waals surface area contributed by atoms with E-state index in [2.05, 4.69) is 65.7 Å². The summed E-state index contributed by atoms with van der Waals surface area (Å²) in [5, 5.41) is 15.9. The molecule has 0 spiro atoms. The lowest BCUT2D eigenvalue weighted by Gasteiger charge is -2.36. The van der Waals surface area contributed by atoms with Gasteiger partial charge in [-0.3, -0.25) is 9.88 Å². The maximum Gasteiger partial charge on any atom is 0.208 e. The molecule has 1 aromatic carbocycles. The van der Waals surface area contributed by atoms with Crippen LogP contribution < -0.4 is 4.90 Å². The number of pyridine rings is 1. The molecule has 1 aliphatic heterocycles. The molecule has 4 heterocycles. The summed E-state index contributed by atoms with van der Waals surface area (Å²) in [6.07, 6.45) is 4.40. The first-order valence-electron chi connectivity index (χ1n) is 10.4. The number of para-hydroxylation sites is 1. The first-order chi connectivity index (χ1) is 14.8. The van der Waals surface area contributed by atoms with Crippen LogP contribution in [-0.4, -0.2) is 61.7 Å². The van der Waals surface area contributed by atoms with Crippen LogP contribution in [0.1, 0.15) is 29.5 Å². The number of anilines is 1. The Morgan fingerprint density at radius 2 is 1.97 bits per heavy atom. The molecule has 0 unspecified atom stereocenters. The van der Waals surface area contributed by atoms with Crippen molar-refractivity contribution in [2.24, 2.45) is 0 Å². The molecule has 9 heteroatoms. The van der Waals surface area contributed by atoms with E-state index in [0.717, 1.165) is 43.8 Å². The Morgan fingerprint density at radius 1 is 1.10 bits per heavy atom. The van der Waals surface area contributed by atoms with Crippen molar-refractivity contribution in [2.45, 2.75) is 25.3 Å². The number of rotatable bonds is 5. The molecule has 0 amide bonds. The molecule has 0 bridgehead atoms. The molecule has 1 saturated carbocycles. The number of benzene rings is 1. The average molecular weight is 419 g/mol. The Kier molecular flexibility index (Phi) is 4.42. The van der Waals surface area contributed by atoms with Crippen LogP contribution in [0.4, 0.5) is 5.69 Å². The Bertz CT molecular complexity index is 1130. The van der Waals surface area contributed by atoms with Crippen LogP contribution >= 0.6 is 11.3 Å². The predicted octanol–water partition coefficient (Wildman–Crippen LogP) is 3.07. The van der Waals surface area contributed by atoms with Gasteiger partial charge in [0, 0.05) is 44.0 Å². The van der Waals surface area contributed by atoms with Gasteiger partial charge in [-0.15, -0.1) is 21.5 Å². The average Bonchev–Trinajstić information content (AvgIpc) is 3.33. The maximum absolute atomic E-state index is 4.80. The first-order valence-corrected chi connectivity index (χ1v) is 11.2. The molecule has 1 saturated heterocycles. The van der Waals surface area contributed by atoms with E-state index in [1.54, 1.807) is 11.3 Å². The van der Waals surface area contributed by atoms with Crippen molar-refractivity contribution < 1.29 is 0 Å². The minimum atomic E-state index is 0.608. The zero-order valence-electron chi connectivity index (χ0n) is 16.5. The quantitative estimate of drug-likeness (QED) is 0.533. The van der Waals surface area contributed by atoms with Crippen LogP contribution in [0.5, 0.6) is 0 Å². The molecule has 2 aliphatic rings. The SMILES string of the molecule is c1ccc2sc(CN3CCN(c4cc(C5CC5)ncc4-c4nn[nH]n4)CC3)nc2c1. The first kappa shape index (κ1) is 17.9. The fraction of sp³-hybridized carbons (Fsp3) is 0.381. The Hall–Kier alpha value is -2.91. The molecule has 6 rings (SSSR count). The van der Waals surface area contributed by atoms with Gasteiger partial charge in [0.2, 0.25) is 5.82 Å². The molecular weight excluding hydrogens is 396 g/mol. The molecule has 1 N–H and O–H groups in total. The number of fused-ring (bicyclic) bond motifs is 1. The van der Waals surface area contributed by atoms with Crippen molar-refractivity contribution in [1.82, 2.24) is 35.5 Å². The summed E-state index contributed by atoms with van der Waals surface area (Å²) in [5.74, 6) is 1.22. The molecule has 4 aromatic rings. The summed E-state index contributed by atoms with van der Waals surface area (Å²) >= 11 is 1.80. The van der Waals surface area contributed by atoms with Crippen LogP contribution in [0.3, 0.4) is 0 Å². The van der Waals surface area contributed by atoms with Gasteiger partial charge in [0.25, 0.3) is 0 Å². The predicted molar refractivity (Wildman–Crippen MR) is 116 cm³/mol. The van der Waals surface area contributed by atoms with Crippen molar-refractivity contribution in [3.8, 4) is 11.4 Å². The third-order valence-corrected chi connectivity index (χ3v) is 6.92. The monoisotopic (exact) mass is 418 g/mol. The number of nitrogens with one attached hydrogen (secondary N) is 1. The van der Waals surface area contributed by atoms with Crippen molar-refractivity contribution >= 4 is 27.2 Å². The highest BCUT2D eigenvalue weighted by Gasteiger charge is 2.28. The van der Waals surface area contributed by atoms with Crippen LogP contribution in [-0.2, 0) is 6.54 Å². The number of tetrazole rings is 1. The van der Waals surface area contributed by atoms with E-state index < -0.39 is 0 Å². The van der Waals surface area contributed by atoms with Crippen LogP contribution in [0.15, 0.2) is 36.5 Å². The van der Waals surface area contributed by atoms with E-state index in [4.69, 9.17) is 4.98 Å². The smallest absolute Gasteiger partial charge is 0.208 e. The van der Waals surface area contributed by atoms with Crippen LogP contribution in [0.25, 0.3) is 21.6 Å². The second-order valence-corrected chi connectivity index (χ2v) is 9.09. The minimum absolute atomic E-state index is 0.608. The van der Waals surface area contributed by atoms with Crippen LogP contribution in [0.2, 0.25) is 0 Å². The van der Waals surface area contributed by atoms with Gasteiger partial charge >= 0.3 is 0 Å². The van der Waals surface area contributed by atoms with Crippen molar-refractivity contribution in [2.75, 3.05) is 31.1 Å². The van der Waals surface area contributed by atoms with E-state index in [-0.39, 0.29) is 0 Å². The molecule has 3 aromatic heterocycles. The zero-order chi connectivity index (χ0) is 19.9. The molecule has 1 aliphatic carbocycles. The van der Waals surface area contributed by atoms with Gasteiger partial charge in [0.15, 0.2) is 0 Å². The Balaban J connectivity index is 1.20. The fourth-order valence-electron chi connectivity index (χ4n) is 4.10. The summed E-state index contributed by atoms with van der Waals surface area (Å²) in [4.78, 5) is 14.4. The van der Waals surface area contributed by atoms with Gasteiger partial charge in [-0.1, -0.05) is 12.1 Å². The summed E-state index contributed by atoms with van der Waals surface area (Å²) in [7, 11) is 0. The third-order valence-electron chi connectivity index (χ3n) is 5.90. The zero-order valence-corrected chi connectivity index (χ0v) is 17.3. The number of aromatic nitrogens is 6. The highest BCUT2D eigenvalue weighted by molar-refractivity contribution is 7.18. The number of H-pyrrole nitrogens is 1. The maximum atomic E-state index is 4.80. The number of piperazine rings is 1. The van der Waals surface area contributed by atoms with Gasteiger partial charge in [-0.25, -0.2) is 4.98 Å². The molecular formula is C21H22N8S. The van der Waals surface area contributed by atoms with Crippen LogP contribution in [0, 0.1) is 0 Å². The Morgan fingerprint density at radius 3 is 2.73 bits per heavy atom. The normalized spacial score (nSPS) is 17.7. The highest BCUT2D eigenvalue weighted by atomic mass is 32.1. The van der Waals surface area contributed by atoms with Gasteiger partial charge in [-0.05, 0) is 36.3 Å². The number of hydrogen-bond donors (Lipinski definition) is 1. The number of aromatic amines is 1. The number of hydrogen-bond acceptors (Lipinski definition) is 8. The van der Waals surface area contributed by atoms with E-state index >= 15 is 0 Å². The molecule has 2 fully saturated rings. The van der Waals surface area contributed by atoms with E-state index in [1.165, 1.54) is 33.9 Å². The molecule has 0 radical (unpaired) electrons. The van der Waals surface area contributed by atoms with Crippen molar-refractivity contribution in [3.63, 3.8) is 0 Å². The summed E-state index contributed by atoms with van der Waals surface area (Å²) < 4.78 is 1.26. The fourth-order valence-corrected chi connectivity index (χ4v) is 5.11. The number of nitrogens with zero attached hydrogens (tertiary/aromatic N) is 7. The summed E-state index contributed by atoms with van der Waals surface area (Å²) in [5.41, 5.74) is 4.42. The van der Waals surface area contributed by atoms with E-state index in [1.807, 2.05) is 6.20 Å². The lowest BCUT2D eigenvalue weighted by molar-refractivity contribution is 0.249. The van der Waals surface area contributed by atoms with Gasteiger partial charge < -0.3 is 4.90 Å². The lowest BCUT2D eigenvalue weighted by Crippen LogP contribution is -2.46. The third kappa shape index (κ3) is 3.44. The second kappa shape index (κ2) is 7.41. The largest absolute Gasteiger partial charge is 0.368 e. The van der Waals surface area contributed by atoms with Gasteiger partial charge in [0.1, 0.15) is 5.01 Å². The standard InChI is InChI=1S/C21H22N8S/c1-2-4-19-16(3-1)23-20(30-19)13-28-7-9-29(10-8-28)18-11-17(14-5-6-14)22-12-15(18)21-24-26-27-25-21/h1-4,11-12,14H,5-10,13H2,(H,24,25,26,27). The highest BCUT2D eigenvalue weighted by Crippen LogP contribution is 2.41. The summed E-state index contributed by atoms with van der Waals surface area (Å²) in [6, 6.07) is 10.6. The molecule has 8 nitrogen and oxygen atoms in total. The molecule has 0 atom stereocenters. The van der Waals surface area contributed by atoms with Crippen molar-refractivity contribution in [1.29, 1.82) is 0 Å². The van der Waals surface area contributed by atoms with Gasteiger partial charge in [-0.2, -0.15) is 5.21 Å².